The Bertz CT molecular complexity index is 897. The van der Waals surface area contributed by atoms with Crippen molar-refractivity contribution in [1.29, 1.82) is 0 Å². The number of fused-ring (bicyclic) bond motifs is 1. The summed E-state index contributed by atoms with van der Waals surface area (Å²) in [5.41, 5.74) is 2.69. The summed E-state index contributed by atoms with van der Waals surface area (Å²) in [6.45, 7) is 4.89. The van der Waals surface area contributed by atoms with Gasteiger partial charge in [0.25, 0.3) is 0 Å². The Hall–Kier alpha value is -2.41. The number of aryl methyl sites for hydroxylation is 1. The number of carbonyl (C=O) groups excluding carboxylic acids is 1. The summed E-state index contributed by atoms with van der Waals surface area (Å²) in [5, 5.41) is 3.77. The Morgan fingerprint density at radius 1 is 1.32 bits per heavy atom. The number of benzene rings is 1. The first-order chi connectivity index (χ1) is 12.1. The molecule has 1 saturated heterocycles. The predicted octanol–water partition coefficient (Wildman–Crippen LogP) is 2.96. The molecule has 0 bridgehead atoms. The van der Waals surface area contributed by atoms with Gasteiger partial charge >= 0.3 is 0 Å². The number of halogens is 1. The molecule has 1 aromatic carbocycles. The number of carbonyl (C=O) groups is 1. The second kappa shape index (κ2) is 6.48. The Labute approximate surface area is 149 Å². The molecule has 1 aliphatic rings. The van der Waals surface area contributed by atoms with Crippen molar-refractivity contribution in [2.75, 3.05) is 31.1 Å². The van der Waals surface area contributed by atoms with E-state index >= 15 is 0 Å². The van der Waals surface area contributed by atoms with Crippen LogP contribution in [0.3, 0.4) is 0 Å². The van der Waals surface area contributed by atoms with Gasteiger partial charge in [-0.05, 0) is 30.7 Å². The van der Waals surface area contributed by atoms with Gasteiger partial charge in [0.1, 0.15) is 5.82 Å². The zero-order valence-electron chi connectivity index (χ0n) is 14.0. The Morgan fingerprint density at radius 3 is 2.84 bits per heavy atom. The van der Waals surface area contributed by atoms with Crippen LogP contribution in [0.5, 0.6) is 0 Å². The molecule has 5 nitrogen and oxygen atoms in total. The number of H-pyrrole nitrogens is 1. The molecule has 130 valence electrons. The molecule has 0 aliphatic carbocycles. The molecule has 2 aromatic heterocycles. The van der Waals surface area contributed by atoms with E-state index in [9.17, 15) is 9.18 Å². The third-order valence-corrected chi connectivity index (χ3v) is 5.56. The third kappa shape index (κ3) is 3.11. The minimum atomic E-state index is -0.280. The number of anilines is 1. The topological polar surface area (TPSA) is 52.2 Å². The number of nitrogens with one attached hydrogen (secondary N) is 1. The zero-order valence-corrected chi connectivity index (χ0v) is 14.8. The zero-order chi connectivity index (χ0) is 17.4. The van der Waals surface area contributed by atoms with Crippen molar-refractivity contribution in [2.45, 2.75) is 13.3 Å². The van der Waals surface area contributed by atoms with Crippen LogP contribution in [0, 0.1) is 12.7 Å². The van der Waals surface area contributed by atoms with E-state index in [2.05, 4.69) is 14.9 Å². The Kier molecular flexibility index (Phi) is 4.17. The maximum atomic E-state index is 13.6. The molecule has 7 heteroatoms. The monoisotopic (exact) mass is 358 g/mol. The lowest BCUT2D eigenvalue weighted by Gasteiger charge is -2.34. The SMILES string of the molecule is Cc1[nH]c2ccc(F)cc2c1CC(=O)N1CCN(c2nccs2)CC1. The van der Waals surface area contributed by atoms with Crippen molar-refractivity contribution >= 4 is 33.3 Å². The first-order valence-corrected chi connectivity index (χ1v) is 9.18. The molecule has 1 N–H and O–H groups in total. The van der Waals surface area contributed by atoms with E-state index in [-0.39, 0.29) is 11.7 Å². The second-order valence-corrected chi connectivity index (χ2v) is 7.15. The summed E-state index contributed by atoms with van der Waals surface area (Å²) in [6.07, 6.45) is 2.10. The van der Waals surface area contributed by atoms with Crippen LogP contribution in [0.1, 0.15) is 11.3 Å². The molecule has 4 rings (SSSR count). The first kappa shape index (κ1) is 16.1. The van der Waals surface area contributed by atoms with Gasteiger partial charge in [0.05, 0.1) is 6.42 Å². The van der Waals surface area contributed by atoms with E-state index in [0.29, 0.717) is 19.5 Å². The fourth-order valence-electron chi connectivity index (χ4n) is 3.36. The molecule has 25 heavy (non-hydrogen) atoms. The number of hydrogen-bond acceptors (Lipinski definition) is 4. The highest BCUT2D eigenvalue weighted by Crippen LogP contribution is 2.25. The van der Waals surface area contributed by atoms with Crippen molar-refractivity contribution in [2.24, 2.45) is 0 Å². The molecule has 0 spiro atoms. The summed E-state index contributed by atoms with van der Waals surface area (Å²) < 4.78 is 13.6. The molecule has 1 amide bonds. The lowest BCUT2D eigenvalue weighted by molar-refractivity contribution is -0.130. The number of nitrogens with zero attached hydrogens (tertiary/aromatic N) is 3. The van der Waals surface area contributed by atoms with Crippen LogP contribution in [0.2, 0.25) is 0 Å². The summed E-state index contributed by atoms with van der Waals surface area (Å²) in [6, 6.07) is 4.65. The van der Waals surface area contributed by atoms with E-state index in [1.54, 1.807) is 23.6 Å². The number of thiazole rings is 1. The highest BCUT2D eigenvalue weighted by atomic mass is 32.1. The summed E-state index contributed by atoms with van der Waals surface area (Å²) in [7, 11) is 0. The molecule has 3 heterocycles. The number of amides is 1. The van der Waals surface area contributed by atoms with Crippen LogP contribution in [0.4, 0.5) is 9.52 Å². The second-order valence-electron chi connectivity index (χ2n) is 6.28. The summed E-state index contributed by atoms with van der Waals surface area (Å²) >= 11 is 1.62. The highest BCUT2D eigenvalue weighted by Gasteiger charge is 2.23. The van der Waals surface area contributed by atoms with Crippen molar-refractivity contribution < 1.29 is 9.18 Å². The van der Waals surface area contributed by atoms with Crippen molar-refractivity contribution in [3.8, 4) is 0 Å². The van der Waals surface area contributed by atoms with Crippen LogP contribution in [-0.2, 0) is 11.2 Å². The molecule has 0 radical (unpaired) electrons. The van der Waals surface area contributed by atoms with Crippen molar-refractivity contribution in [3.05, 3.63) is 46.9 Å². The standard InChI is InChI=1S/C18H19FN4OS/c1-12-14(15-10-13(19)2-3-16(15)21-12)11-17(24)22-5-7-23(8-6-22)18-20-4-9-25-18/h2-4,9-10,21H,5-8,11H2,1H3. The highest BCUT2D eigenvalue weighted by molar-refractivity contribution is 7.13. The summed E-state index contributed by atoms with van der Waals surface area (Å²) in [5.74, 6) is -0.190. The van der Waals surface area contributed by atoms with E-state index in [1.807, 2.05) is 17.2 Å². The fourth-order valence-corrected chi connectivity index (χ4v) is 4.06. The van der Waals surface area contributed by atoms with Gasteiger partial charge in [-0.3, -0.25) is 4.79 Å². The van der Waals surface area contributed by atoms with E-state index in [4.69, 9.17) is 0 Å². The van der Waals surface area contributed by atoms with Gasteiger partial charge in [-0.2, -0.15) is 0 Å². The normalized spacial score (nSPS) is 15.1. The van der Waals surface area contributed by atoms with Crippen LogP contribution >= 0.6 is 11.3 Å². The number of hydrogen-bond donors (Lipinski definition) is 1. The Morgan fingerprint density at radius 2 is 2.12 bits per heavy atom. The van der Waals surface area contributed by atoms with Crippen molar-refractivity contribution in [1.82, 2.24) is 14.9 Å². The molecular weight excluding hydrogens is 339 g/mol. The van der Waals surface area contributed by atoms with E-state index in [0.717, 1.165) is 40.4 Å². The number of aromatic nitrogens is 2. The molecule has 1 aliphatic heterocycles. The first-order valence-electron chi connectivity index (χ1n) is 8.31. The minimum absolute atomic E-state index is 0.0899. The fraction of sp³-hybridized carbons (Fsp3) is 0.333. The lowest BCUT2D eigenvalue weighted by atomic mass is 10.1. The van der Waals surface area contributed by atoms with Crippen molar-refractivity contribution in [3.63, 3.8) is 0 Å². The van der Waals surface area contributed by atoms with Crippen LogP contribution in [0.25, 0.3) is 10.9 Å². The number of piperazine rings is 1. The summed E-state index contributed by atoms with van der Waals surface area (Å²) in [4.78, 5) is 24.4. The van der Waals surface area contributed by atoms with E-state index in [1.165, 1.54) is 12.1 Å². The molecule has 3 aromatic rings. The van der Waals surface area contributed by atoms with Gasteiger partial charge in [0, 0.05) is 54.4 Å². The molecular formula is C18H19FN4OS. The Balaban J connectivity index is 1.46. The van der Waals surface area contributed by atoms with Gasteiger partial charge in [-0.1, -0.05) is 0 Å². The molecule has 0 saturated carbocycles. The van der Waals surface area contributed by atoms with Gasteiger partial charge < -0.3 is 14.8 Å². The van der Waals surface area contributed by atoms with Crippen LogP contribution in [-0.4, -0.2) is 47.0 Å². The van der Waals surface area contributed by atoms with Gasteiger partial charge in [-0.15, -0.1) is 11.3 Å². The van der Waals surface area contributed by atoms with Gasteiger partial charge in [0.15, 0.2) is 5.13 Å². The largest absolute Gasteiger partial charge is 0.358 e. The average Bonchev–Trinajstić information content (AvgIpc) is 3.24. The lowest BCUT2D eigenvalue weighted by Crippen LogP contribution is -2.49. The smallest absolute Gasteiger partial charge is 0.227 e. The van der Waals surface area contributed by atoms with Gasteiger partial charge in [-0.25, -0.2) is 9.37 Å². The van der Waals surface area contributed by atoms with Crippen LogP contribution in [0.15, 0.2) is 29.8 Å². The predicted molar refractivity (Wildman–Crippen MR) is 97.6 cm³/mol. The van der Waals surface area contributed by atoms with Gasteiger partial charge in [0.2, 0.25) is 5.91 Å². The minimum Gasteiger partial charge on any atom is -0.358 e. The third-order valence-electron chi connectivity index (χ3n) is 4.73. The quantitative estimate of drug-likeness (QED) is 0.783. The molecule has 0 unspecified atom stereocenters. The van der Waals surface area contributed by atoms with Crippen LogP contribution < -0.4 is 4.90 Å². The number of rotatable bonds is 3. The van der Waals surface area contributed by atoms with E-state index < -0.39 is 0 Å². The molecule has 0 atom stereocenters. The maximum Gasteiger partial charge on any atom is 0.227 e. The maximum absolute atomic E-state index is 13.6. The number of aromatic amines is 1. The molecule has 1 fully saturated rings. The average molecular weight is 358 g/mol.